The van der Waals surface area contributed by atoms with Crippen LogP contribution in [0.2, 0.25) is 0 Å². The van der Waals surface area contributed by atoms with Crippen molar-refractivity contribution in [2.75, 3.05) is 18.9 Å². The van der Waals surface area contributed by atoms with Gasteiger partial charge in [0, 0.05) is 37.3 Å². The van der Waals surface area contributed by atoms with Crippen LogP contribution in [0.1, 0.15) is 12.0 Å². The number of carbonyl (C=O) groups is 2. The van der Waals surface area contributed by atoms with Crippen molar-refractivity contribution in [3.63, 3.8) is 0 Å². The average Bonchev–Trinajstić information content (AvgIpc) is 3.00. The second-order valence-electron chi connectivity index (χ2n) is 7.02. The molecule has 3 heterocycles. The SMILES string of the molecule is CN1CC[C@@](O)(C#Cc2cccc(-c3ccc4nccc(NC(=O)O)c4n3)c2)C1=O. The fourth-order valence-corrected chi connectivity index (χ4v) is 3.30. The molecule has 2 amide bonds. The summed E-state index contributed by atoms with van der Waals surface area (Å²) in [5.41, 5.74) is 1.68. The molecule has 1 fully saturated rings. The Kier molecular flexibility index (Phi) is 4.82. The maximum atomic E-state index is 12.1. The Morgan fingerprint density at radius 2 is 2.10 bits per heavy atom. The Labute approximate surface area is 172 Å². The van der Waals surface area contributed by atoms with E-state index >= 15 is 0 Å². The highest BCUT2D eigenvalue weighted by Gasteiger charge is 2.42. The smallest absolute Gasteiger partial charge is 0.409 e. The van der Waals surface area contributed by atoms with Gasteiger partial charge in [0.05, 0.1) is 16.9 Å². The number of likely N-dealkylation sites (N-methyl/N-ethyl adjacent to an activating group) is 1. The largest absolute Gasteiger partial charge is 0.465 e. The molecule has 1 saturated heterocycles. The van der Waals surface area contributed by atoms with Crippen molar-refractivity contribution in [2.45, 2.75) is 12.0 Å². The van der Waals surface area contributed by atoms with Crippen LogP contribution in [0.5, 0.6) is 0 Å². The third kappa shape index (κ3) is 3.66. The maximum absolute atomic E-state index is 12.1. The van der Waals surface area contributed by atoms with Gasteiger partial charge >= 0.3 is 6.09 Å². The van der Waals surface area contributed by atoms with E-state index in [4.69, 9.17) is 5.11 Å². The number of hydrogen-bond acceptors (Lipinski definition) is 5. The van der Waals surface area contributed by atoms with Crippen molar-refractivity contribution in [3.05, 3.63) is 54.2 Å². The topological polar surface area (TPSA) is 116 Å². The number of fused-ring (bicyclic) bond motifs is 1. The summed E-state index contributed by atoms with van der Waals surface area (Å²) in [6, 6.07) is 12.3. The van der Waals surface area contributed by atoms with E-state index in [-0.39, 0.29) is 6.42 Å². The van der Waals surface area contributed by atoms with Gasteiger partial charge in [-0.3, -0.25) is 15.1 Å². The summed E-state index contributed by atoms with van der Waals surface area (Å²) < 4.78 is 0. The zero-order valence-corrected chi connectivity index (χ0v) is 16.1. The highest BCUT2D eigenvalue weighted by atomic mass is 16.4. The van der Waals surface area contributed by atoms with Crippen LogP contribution in [-0.2, 0) is 4.79 Å². The molecule has 0 radical (unpaired) electrons. The summed E-state index contributed by atoms with van der Waals surface area (Å²) in [6.07, 6.45) is 0.600. The molecule has 0 unspecified atom stereocenters. The standard InChI is InChI=1S/C22H18N4O4/c1-26-12-10-22(30,20(26)27)9-7-14-3-2-4-15(13-14)16-5-6-17-19(24-16)18(8-11-23-17)25-21(28)29/h2-6,8,11,13,30H,10,12H2,1H3,(H,23,25)(H,28,29)/t22-/m0/s1. The molecule has 8 heteroatoms. The first-order chi connectivity index (χ1) is 14.4. The van der Waals surface area contributed by atoms with Crippen LogP contribution in [0.4, 0.5) is 10.5 Å². The van der Waals surface area contributed by atoms with Gasteiger partial charge in [0.1, 0.15) is 5.52 Å². The number of anilines is 1. The number of likely N-dealkylation sites (tertiary alicyclic amines) is 1. The van der Waals surface area contributed by atoms with Gasteiger partial charge in [0.25, 0.3) is 5.91 Å². The van der Waals surface area contributed by atoms with E-state index < -0.39 is 17.6 Å². The van der Waals surface area contributed by atoms with Crippen LogP contribution >= 0.6 is 0 Å². The molecule has 1 aliphatic rings. The Morgan fingerprint density at radius 3 is 2.83 bits per heavy atom. The molecular formula is C22H18N4O4. The Hall–Kier alpha value is -3.96. The third-order valence-electron chi connectivity index (χ3n) is 4.91. The van der Waals surface area contributed by atoms with Crippen molar-refractivity contribution in [1.82, 2.24) is 14.9 Å². The van der Waals surface area contributed by atoms with E-state index in [9.17, 15) is 14.7 Å². The minimum atomic E-state index is -1.66. The number of benzene rings is 1. The summed E-state index contributed by atoms with van der Waals surface area (Å²) in [7, 11) is 1.64. The highest BCUT2D eigenvalue weighted by molar-refractivity contribution is 5.96. The lowest BCUT2D eigenvalue weighted by Crippen LogP contribution is -2.37. The van der Waals surface area contributed by atoms with Gasteiger partial charge in [-0.2, -0.15) is 0 Å². The van der Waals surface area contributed by atoms with Gasteiger partial charge in [-0.15, -0.1) is 0 Å². The molecule has 0 saturated carbocycles. The number of pyridine rings is 2. The summed E-state index contributed by atoms with van der Waals surface area (Å²) in [6.45, 7) is 0.464. The van der Waals surface area contributed by atoms with Gasteiger partial charge in [-0.25, -0.2) is 9.78 Å². The van der Waals surface area contributed by atoms with E-state index in [0.29, 0.717) is 34.5 Å². The lowest BCUT2D eigenvalue weighted by atomic mass is 10.0. The van der Waals surface area contributed by atoms with E-state index in [1.54, 1.807) is 43.4 Å². The van der Waals surface area contributed by atoms with E-state index in [1.807, 2.05) is 6.07 Å². The molecule has 3 N–H and O–H groups in total. The van der Waals surface area contributed by atoms with Gasteiger partial charge in [0.2, 0.25) is 5.60 Å². The van der Waals surface area contributed by atoms with Crippen LogP contribution in [0.3, 0.4) is 0 Å². The number of aliphatic hydroxyl groups is 1. The molecule has 150 valence electrons. The molecule has 1 aliphatic heterocycles. The molecule has 30 heavy (non-hydrogen) atoms. The van der Waals surface area contributed by atoms with Crippen LogP contribution < -0.4 is 5.32 Å². The van der Waals surface area contributed by atoms with E-state index in [2.05, 4.69) is 27.1 Å². The van der Waals surface area contributed by atoms with Crippen LogP contribution in [0.15, 0.2) is 48.7 Å². The summed E-state index contributed by atoms with van der Waals surface area (Å²) in [5.74, 6) is 5.19. The molecule has 2 aromatic heterocycles. The van der Waals surface area contributed by atoms with E-state index in [0.717, 1.165) is 5.56 Å². The number of carboxylic acid groups (broad SMARTS) is 1. The molecule has 0 aliphatic carbocycles. The van der Waals surface area contributed by atoms with Gasteiger partial charge in [0.15, 0.2) is 0 Å². The number of rotatable bonds is 2. The minimum absolute atomic E-state index is 0.271. The molecule has 4 rings (SSSR count). The number of nitrogens with zero attached hydrogens (tertiary/aromatic N) is 3. The first-order valence-corrected chi connectivity index (χ1v) is 9.23. The van der Waals surface area contributed by atoms with Crippen molar-refractivity contribution < 1.29 is 19.8 Å². The predicted octanol–water partition coefficient (Wildman–Crippen LogP) is 2.33. The second-order valence-corrected chi connectivity index (χ2v) is 7.02. The number of nitrogens with one attached hydrogen (secondary N) is 1. The van der Waals surface area contributed by atoms with Gasteiger partial charge in [-0.05, 0) is 30.3 Å². The van der Waals surface area contributed by atoms with Gasteiger partial charge < -0.3 is 15.1 Å². The molecule has 0 bridgehead atoms. The third-order valence-corrected chi connectivity index (χ3v) is 4.91. The predicted molar refractivity (Wildman–Crippen MR) is 111 cm³/mol. The Morgan fingerprint density at radius 1 is 1.27 bits per heavy atom. The average molecular weight is 402 g/mol. The molecule has 0 spiro atoms. The number of aromatic nitrogens is 2. The highest BCUT2D eigenvalue weighted by Crippen LogP contribution is 2.25. The monoisotopic (exact) mass is 402 g/mol. The molecular weight excluding hydrogens is 384 g/mol. The van der Waals surface area contributed by atoms with Crippen LogP contribution in [-0.4, -0.2) is 56.3 Å². The molecule has 1 aromatic carbocycles. The summed E-state index contributed by atoms with van der Waals surface area (Å²) in [4.78, 5) is 33.4. The van der Waals surface area contributed by atoms with Crippen molar-refractivity contribution in [3.8, 4) is 23.1 Å². The quantitative estimate of drug-likeness (QED) is 0.567. The maximum Gasteiger partial charge on any atom is 0.409 e. The van der Waals surface area contributed by atoms with E-state index in [1.165, 1.54) is 11.1 Å². The van der Waals surface area contributed by atoms with Crippen molar-refractivity contribution in [2.24, 2.45) is 0 Å². The first-order valence-electron chi connectivity index (χ1n) is 9.23. The Bertz CT molecular complexity index is 1230. The zero-order valence-electron chi connectivity index (χ0n) is 16.1. The van der Waals surface area contributed by atoms with Crippen molar-refractivity contribution in [1.29, 1.82) is 0 Å². The van der Waals surface area contributed by atoms with Crippen LogP contribution in [0, 0.1) is 11.8 Å². The van der Waals surface area contributed by atoms with Gasteiger partial charge in [-0.1, -0.05) is 24.0 Å². The molecule has 1 atom stereocenters. The fraction of sp³-hybridized carbons (Fsp3) is 0.182. The lowest BCUT2D eigenvalue weighted by Gasteiger charge is -2.13. The minimum Gasteiger partial charge on any atom is -0.465 e. The number of carbonyl (C=O) groups excluding carboxylic acids is 1. The summed E-state index contributed by atoms with van der Waals surface area (Å²) in [5, 5.41) is 21.8. The molecule has 3 aromatic rings. The first kappa shape index (κ1) is 19.4. The lowest BCUT2D eigenvalue weighted by molar-refractivity contribution is -0.137. The fourth-order valence-electron chi connectivity index (χ4n) is 3.30. The summed E-state index contributed by atoms with van der Waals surface area (Å²) >= 11 is 0. The normalized spacial score (nSPS) is 18.2. The Balaban J connectivity index is 1.69. The van der Waals surface area contributed by atoms with Crippen molar-refractivity contribution >= 4 is 28.7 Å². The number of amides is 2. The zero-order chi connectivity index (χ0) is 21.3. The van der Waals surface area contributed by atoms with Crippen LogP contribution in [0.25, 0.3) is 22.3 Å². The molecule has 8 nitrogen and oxygen atoms in total. The number of hydrogen-bond donors (Lipinski definition) is 3. The second kappa shape index (κ2) is 7.46.